The van der Waals surface area contributed by atoms with Gasteiger partial charge in [-0.1, -0.05) is 23.7 Å². The fraction of sp³-hybridized carbons (Fsp3) is 0.200. The van der Waals surface area contributed by atoms with Gasteiger partial charge in [0.05, 0.1) is 18.7 Å². The minimum atomic E-state index is -0.938. The summed E-state index contributed by atoms with van der Waals surface area (Å²) in [5.41, 5.74) is -0.140. The summed E-state index contributed by atoms with van der Waals surface area (Å²) in [4.78, 5) is 18.2. The second kappa shape index (κ2) is 4.80. The van der Waals surface area contributed by atoms with Crippen LogP contribution in [0, 0.1) is 0 Å². The monoisotopic (exact) mass is 288 g/mol. The molecule has 2 heterocycles. The average molecular weight is 289 g/mol. The van der Waals surface area contributed by atoms with Crippen LogP contribution in [0.2, 0.25) is 0 Å². The highest BCUT2D eigenvalue weighted by Crippen LogP contribution is 2.35. The highest BCUT2D eigenvalue weighted by Gasteiger charge is 2.41. The lowest BCUT2D eigenvalue weighted by Gasteiger charge is -2.22. The quantitative estimate of drug-likeness (QED) is 0.802. The molecule has 1 atom stereocenters. The Morgan fingerprint density at radius 3 is 3.05 bits per heavy atom. The minimum Gasteiger partial charge on any atom is -0.497 e. The Morgan fingerprint density at radius 1 is 1.50 bits per heavy atom. The van der Waals surface area contributed by atoms with Crippen molar-refractivity contribution in [1.82, 2.24) is 4.90 Å². The summed E-state index contributed by atoms with van der Waals surface area (Å²) < 4.78 is 5.21. The first-order chi connectivity index (χ1) is 9.68. The van der Waals surface area contributed by atoms with Gasteiger partial charge in [0.2, 0.25) is 0 Å². The fourth-order valence-electron chi connectivity index (χ4n) is 2.42. The number of rotatable bonds is 3. The molecule has 0 spiro atoms. The van der Waals surface area contributed by atoms with Crippen LogP contribution in [0.3, 0.4) is 0 Å². The molecule has 1 aromatic carbocycles. The summed E-state index contributed by atoms with van der Waals surface area (Å²) in [5, 5.41) is 0.541. The number of allylic oxidation sites excluding steroid dienone is 2. The number of hydrogen-bond acceptors (Lipinski definition) is 4. The molecule has 0 N–H and O–H groups in total. The molecule has 0 fully saturated rings. The number of nitrogens with zero attached hydrogens (tertiary/aromatic N) is 2. The van der Waals surface area contributed by atoms with Gasteiger partial charge in [-0.15, -0.1) is 0 Å². The largest absolute Gasteiger partial charge is 0.497 e. The molecule has 102 valence electrons. The summed E-state index contributed by atoms with van der Waals surface area (Å²) >= 11 is 6.14. The predicted molar refractivity (Wildman–Crippen MR) is 78.0 cm³/mol. The van der Waals surface area contributed by atoms with Crippen molar-refractivity contribution in [3.05, 3.63) is 53.2 Å². The number of carbonyl (C=O) groups is 1. The molecule has 1 aromatic rings. The lowest BCUT2D eigenvalue weighted by atomic mass is 9.92. The summed E-state index contributed by atoms with van der Waals surface area (Å²) in [6.45, 7) is 0.444. The molecule has 0 radical (unpaired) electrons. The van der Waals surface area contributed by atoms with Crippen molar-refractivity contribution >= 4 is 23.7 Å². The lowest BCUT2D eigenvalue weighted by Crippen LogP contribution is -2.33. The molecule has 0 amide bonds. The van der Waals surface area contributed by atoms with Gasteiger partial charge >= 0.3 is 0 Å². The van der Waals surface area contributed by atoms with E-state index in [0.29, 0.717) is 23.2 Å². The second-order valence-corrected chi connectivity index (χ2v) is 5.10. The average Bonchev–Trinajstić information content (AvgIpc) is 2.89. The van der Waals surface area contributed by atoms with E-state index in [1.807, 2.05) is 41.4 Å². The smallest absolute Gasteiger partial charge is 0.161 e. The third kappa shape index (κ3) is 1.93. The third-order valence-electron chi connectivity index (χ3n) is 3.48. The summed E-state index contributed by atoms with van der Waals surface area (Å²) in [7, 11) is 1.60. The molecule has 20 heavy (non-hydrogen) atoms. The van der Waals surface area contributed by atoms with E-state index in [1.54, 1.807) is 13.2 Å². The standard InChI is InChI=1S/C15H13ClN2O2/c1-20-12-5-2-4-11(8-12)15(10-19)9-18-7-3-6-13(16)14(18)17-15/h2-8,10H,9H2,1H3. The summed E-state index contributed by atoms with van der Waals surface area (Å²) in [6.07, 6.45) is 6.35. The Hall–Kier alpha value is -2.07. The number of methoxy groups -OCH3 is 1. The Bertz CT molecular complexity index is 651. The topological polar surface area (TPSA) is 41.9 Å². The van der Waals surface area contributed by atoms with Gasteiger partial charge in [0.25, 0.3) is 0 Å². The molecule has 0 saturated carbocycles. The van der Waals surface area contributed by atoms with Crippen LogP contribution in [0.1, 0.15) is 5.56 Å². The van der Waals surface area contributed by atoms with E-state index in [1.165, 1.54) is 0 Å². The maximum absolute atomic E-state index is 11.7. The molecular formula is C15H13ClN2O2. The van der Waals surface area contributed by atoms with Crippen molar-refractivity contribution in [2.24, 2.45) is 4.99 Å². The number of amidine groups is 1. The molecule has 2 aliphatic heterocycles. The minimum absolute atomic E-state index is 0.444. The van der Waals surface area contributed by atoms with E-state index in [0.717, 1.165) is 11.8 Å². The van der Waals surface area contributed by atoms with Crippen molar-refractivity contribution in [1.29, 1.82) is 0 Å². The zero-order valence-electron chi connectivity index (χ0n) is 10.9. The Morgan fingerprint density at radius 2 is 2.35 bits per heavy atom. The molecule has 0 bridgehead atoms. The van der Waals surface area contributed by atoms with Crippen LogP contribution in [0.25, 0.3) is 0 Å². The van der Waals surface area contributed by atoms with Gasteiger partial charge < -0.3 is 14.4 Å². The fourth-order valence-corrected chi connectivity index (χ4v) is 2.65. The van der Waals surface area contributed by atoms with E-state index in [9.17, 15) is 4.79 Å². The Labute approximate surface area is 122 Å². The summed E-state index contributed by atoms with van der Waals surface area (Å²) in [6, 6.07) is 7.40. The van der Waals surface area contributed by atoms with E-state index >= 15 is 0 Å². The normalized spacial score (nSPS) is 24.0. The molecular weight excluding hydrogens is 276 g/mol. The zero-order chi connectivity index (χ0) is 14.2. The molecule has 2 aliphatic rings. The lowest BCUT2D eigenvalue weighted by molar-refractivity contribution is -0.112. The van der Waals surface area contributed by atoms with Crippen LogP contribution in [0.4, 0.5) is 0 Å². The molecule has 0 saturated heterocycles. The van der Waals surface area contributed by atoms with E-state index in [4.69, 9.17) is 16.3 Å². The third-order valence-corrected chi connectivity index (χ3v) is 3.77. The number of hydrogen-bond donors (Lipinski definition) is 0. The number of carbonyl (C=O) groups excluding carboxylic acids is 1. The van der Waals surface area contributed by atoms with Gasteiger partial charge in [-0.3, -0.25) is 0 Å². The second-order valence-electron chi connectivity index (χ2n) is 4.69. The molecule has 0 aromatic heterocycles. The maximum Gasteiger partial charge on any atom is 0.161 e. The van der Waals surface area contributed by atoms with Crippen molar-refractivity contribution in [2.45, 2.75) is 5.54 Å². The first-order valence-electron chi connectivity index (χ1n) is 6.20. The van der Waals surface area contributed by atoms with Crippen LogP contribution in [0.15, 0.2) is 52.6 Å². The highest BCUT2D eigenvalue weighted by atomic mass is 35.5. The van der Waals surface area contributed by atoms with Crippen molar-refractivity contribution in [3.63, 3.8) is 0 Å². The molecule has 1 unspecified atom stereocenters. The van der Waals surface area contributed by atoms with Gasteiger partial charge in [0.15, 0.2) is 11.8 Å². The van der Waals surface area contributed by atoms with Crippen molar-refractivity contribution in [3.8, 4) is 5.75 Å². The van der Waals surface area contributed by atoms with Crippen molar-refractivity contribution < 1.29 is 9.53 Å². The number of halogens is 1. The van der Waals surface area contributed by atoms with E-state index in [-0.39, 0.29) is 0 Å². The van der Waals surface area contributed by atoms with E-state index in [2.05, 4.69) is 4.99 Å². The van der Waals surface area contributed by atoms with Gasteiger partial charge in [0.1, 0.15) is 11.6 Å². The highest BCUT2D eigenvalue weighted by molar-refractivity contribution is 6.43. The molecule has 5 heteroatoms. The van der Waals surface area contributed by atoms with E-state index < -0.39 is 5.54 Å². The molecule has 0 aliphatic carbocycles. The van der Waals surface area contributed by atoms with Gasteiger partial charge in [-0.2, -0.15) is 0 Å². The first-order valence-corrected chi connectivity index (χ1v) is 6.58. The Balaban J connectivity index is 2.08. The number of aliphatic imine (C=N–C) groups is 1. The van der Waals surface area contributed by atoms with Gasteiger partial charge in [-0.25, -0.2) is 4.99 Å². The summed E-state index contributed by atoms with van der Waals surface area (Å²) in [5.74, 6) is 1.33. The van der Waals surface area contributed by atoms with Crippen LogP contribution >= 0.6 is 11.6 Å². The number of ether oxygens (including phenoxy) is 1. The zero-order valence-corrected chi connectivity index (χ0v) is 11.7. The van der Waals surface area contributed by atoms with Gasteiger partial charge in [-0.05, 0) is 29.8 Å². The van der Waals surface area contributed by atoms with Crippen LogP contribution in [-0.2, 0) is 10.3 Å². The number of benzene rings is 1. The van der Waals surface area contributed by atoms with Crippen LogP contribution in [-0.4, -0.2) is 30.7 Å². The van der Waals surface area contributed by atoms with Crippen LogP contribution in [0.5, 0.6) is 5.75 Å². The maximum atomic E-state index is 11.7. The Kier molecular flexibility index (Phi) is 3.10. The van der Waals surface area contributed by atoms with Gasteiger partial charge in [0, 0.05) is 6.20 Å². The first kappa shape index (κ1) is 12.9. The molecule has 3 rings (SSSR count). The number of fused-ring (bicyclic) bond motifs is 1. The SMILES string of the molecule is COc1cccc(C2(C=O)CN3C=CC=C(Cl)C3=N2)c1. The predicted octanol–water partition coefficient (Wildman–Crippen LogP) is 2.45. The number of aldehydes is 1. The van der Waals surface area contributed by atoms with Crippen molar-refractivity contribution in [2.75, 3.05) is 13.7 Å². The van der Waals surface area contributed by atoms with Crippen LogP contribution < -0.4 is 4.74 Å². The molecule has 4 nitrogen and oxygen atoms in total.